The summed E-state index contributed by atoms with van der Waals surface area (Å²) in [5, 5.41) is 5.40. The van der Waals surface area contributed by atoms with Gasteiger partial charge in [0.2, 0.25) is 11.8 Å². The van der Waals surface area contributed by atoms with Gasteiger partial charge >= 0.3 is 0 Å². The molecule has 4 nitrogen and oxygen atoms in total. The predicted octanol–water partition coefficient (Wildman–Crippen LogP) is 4.03. The maximum Gasteiger partial charge on any atom is 0.233 e. The van der Waals surface area contributed by atoms with Gasteiger partial charge in [0.25, 0.3) is 0 Å². The van der Waals surface area contributed by atoms with Gasteiger partial charge < -0.3 is 10.6 Å². The highest BCUT2D eigenvalue weighted by molar-refractivity contribution is 9.10. The Morgan fingerprint density at radius 2 is 1.45 bits per heavy atom. The number of anilines is 2. The molecule has 0 saturated heterocycles. The van der Waals surface area contributed by atoms with Crippen LogP contribution in [0, 0.1) is 13.8 Å². The van der Waals surface area contributed by atoms with Crippen molar-refractivity contribution in [3.63, 3.8) is 0 Å². The first-order valence-corrected chi connectivity index (χ1v) is 7.66. The van der Waals surface area contributed by atoms with Gasteiger partial charge in [-0.25, -0.2) is 0 Å². The molecule has 0 heterocycles. The van der Waals surface area contributed by atoms with Crippen molar-refractivity contribution >= 4 is 39.1 Å². The number of halogens is 1. The van der Waals surface area contributed by atoms with Gasteiger partial charge in [-0.1, -0.05) is 39.7 Å². The summed E-state index contributed by atoms with van der Waals surface area (Å²) in [6, 6.07) is 12.9. The molecule has 22 heavy (non-hydrogen) atoms. The third-order valence-corrected chi connectivity index (χ3v) is 3.97. The maximum absolute atomic E-state index is 11.9. The molecule has 0 aliphatic carbocycles. The average Bonchev–Trinajstić information content (AvgIpc) is 2.45. The molecule has 2 amide bonds. The molecular formula is C17H17BrN2O2. The summed E-state index contributed by atoms with van der Waals surface area (Å²) in [6.07, 6.45) is -0.223. The van der Waals surface area contributed by atoms with Crippen LogP contribution in [-0.2, 0) is 9.59 Å². The van der Waals surface area contributed by atoms with Gasteiger partial charge in [-0.15, -0.1) is 0 Å². The van der Waals surface area contributed by atoms with Crippen molar-refractivity contribution in [1.29, 1.82) is 0 Å². The standard InChI is InChI=1S/C17H17BrN2O2/c1-11-3-6-13(7-4-11)19-16(21)10-17(22)20-14-8-5-12(2)15(18)9-14/h3-9H,10H2,1-2H3,(H,19,21)(H,20,22). The van der Waals surface area contributed by atoms with Crippen molar-refractivity contribution in [1.82, 2.24) is 0 Å². The van der Waals surface area contributed by atoms with Crippen molar-refractivity contribution in [3.8, 4) is 0 Å². The predicted molar refractivity (Wildman–Crippen MR) is 91.9 cm³/mol. The van der Waals surface area contributed by atoms with Crippen LogP contribution in [0.5, 0.6) is 0 Å². The number of carbonyl (C=O) groups is 2. The van der Waals surface area contributed by atoms with Crippen LogP contribution in [0.3, 0.4) is 0 Å². The van der Waals surface area contributed by atoms with Crippen molar-refractivity contribution in [2.24, 2.45) is 0 Å². The minimum Gasteiger partial charge on any atom is -0.326 e. The Hall–Kier alpha value is -2.14. The van der Waals surface area contributed by atoms with Crippen LogP contribution in [0.25, 0.3) is 0 Å². The Labute approximate surface area is 138 Å². The Bertz CT molecular complexity index is 696. The topological polar surface area (TPSA) is 58.2 Å². The van der Waals surface area contributed by atoms with Gasteiger partial charge in [-0.2, -0.15) is 0 Å². The molecule has 0 fully saturated rings. The van der Waals surface area contributed by atoms with Crippen LogP contribution in [0.2, 0.25) is 0 Å². The van der Waals surface area contributed by atoms with Gasteiger partial charge in [-0.3, -0.25) is 9.59 Å². The van der Waals surface area contributed by atoms with E-state index in [1.54, 1.807) is 6.07 Å². The lowest BCUT2D eigenvalue weighted by atomic mass is 10.2. The second kappa shape index (κ2) is 7.22. The van der Waals surface area contributed by atoms with E-state index in [0.717, 1.165) is 15.6 Å². The molecule has 0 bridgehead atoms. The fraction of sp³-hybridized carbons (Fsp3) is 0.176. The number of nitrogens with one attached hydrogen (secondary N) is 2. The summed E-state index contributed by atoms with van der Waals surface area (Å²) in [6.45, 7) is 3.93. The number of carbonyl (C=O) groups excluding carboxylic acids is 2. The maximum atomic E-state index is 11.9. The lowest BCUT2D eigenvalue weighted by molar-refractivity contribution is -0.123. The Morgan fingerprint density at radius 1 is 0.909 bits per heavy atom. The van der Waals surface area contributed by atoms with Crippen molar-refractivity contribution in [2.75, 3.05) is 10.6 Å². The molecule has 0 aliphatic heterocycles. The molecule has 2 N–H and O–H groups in total. The number of aryl methyl sites for hydroxylation is 2. The lowest BCUT2D eigenvalue weighted by Crippen LogP contribution is -2.21. The Morgan fingerprint density at radius 3 is 2.05 bits per heavy atom. The summed E-state index contributed by atoms with van der Waals surface area (Å²) in [5.41, 5.74) is 3.53. The van der Waals surface area contributed by atoms with E-state index in [1.165, 1.54) is 0 Å². The van der Waals surface area contributed by atoms with Crippen LogP contribution in [0.4, 0.5) is 11.4 Å². The highest BCUT2D eigenvalue weighted by Gasteiger charge is 2.10. The second-order valence-electron chi connectivity index (χ2n) is 5.10. The smallest absolute Gasteiger partial charge is 0.233 e. The molecule has 2 aromatic carbocycles. The summed E-state index contributed by atoms with van der Waals surface area (Å²) in [7, 11) is 0. The molecule has 0 unspecified atom stereocenters. The lowest BCUT2D eigenvalue weighted by Gasteiger charge is -2.08. The van der Waals surface area contributed by atoms with Gasteiger partial charge in [0, 0.05) is 15.8 Å². The quantitative estimate of drug-likeness (QED) is 0.808. The van der Waals surface area contributed by atoms with Crippen molar-refractivity contribution in [3.05, 3.63) is 58.1 Å². The highest BCUT2D eigenvalue weighted by Crippen LogP contribution is 2.20. The van der Waals surface area contributed by atoms with Gasteiger partial charge in [-0.05, 0) is 43.7 Å². The molecule has 0 aliphatic rings. The zero-order valence-corrected chi connectivity index (χ0v) is 14.0. The van der Waals surface area contributed by atoms with E-state index in [2.05, 4.69) is 26.6 Å². The fourth-order valence-corrected chi connectivity index (χ4v) is 2.24. The first-order valence-electron chi connectivity index (χ1n) is 6.86. The molecule has 5 heteroatoms. The second-order valence-corrected chi connectivity index (χ2v) is 5.96. The molecule has 2 rings (SSSR count). The fourth-order valence-electron chi connectivity index (χ4n) is 1.86. The molecule has 0 spiro atoms. The number of rotatable bonds is 4. The van der Waals surface area contributed by atoms with Crippen LogP contribution in [-0.4, -0.2) is 11.8 Å². The SMILES string of the molecule is Cc1ccc(NC(=O)CC(=O)Nc2ccc(C)c(Br)c2)cc1. The molecule has 114 valence electrons. The normalized spacial score (nSPS) is 10.1. The molecule has 2 aromatic rings. The summed E-state index contributed by atoms with van der Waals surface area (Å²) in [4.78, 5) is 23.7. The van der Waals surface area contributed by atoms with Crippen LogP contribution in [0.15, 0.2) is 46.9 Å². The molecular weight excluding hydrogens is 344 g/mol. The van der Waals surface area contributed by atoms with Crippen LogP contribution in [0.1, 0.15) is 17.5 Å². The van der Waals surface area contributed by atoms with E-state index in [0.29, 0.717) is 11.4 Å². The number of benzene rings is 2. The zero-order valence-electron chi connectivity index (χ0n) is 12.4. The summed E-state index contributed by atoms with van der Waals surface area (Å²) < 4.78 is 0.911. The van der Waals surface area contributed by atoms with Crippen molar-refractivity contribution < 1.29 is 9.59 Å². The average molecular weight is 361 g/mol. The van der Waals surface area contributed by atoms with Gasteiger partial charge in [0.1, 0.15) is 6.42 Å². The first-order chi connectivity index (χ1) is 10.4. The summed E-state index contributed by atoms with van der Waals surface area (Å²) >= 11 is 3.41. The summed E-state index contributed by atoms with van der Waals surface area (Å²) in [5.74, 6) is -0.687. The number of hydrogen-bond acceptors (Lipinski definition) is 2. The molecule has 0 aromatic heterocycles. The van der Waals surface area contributed by atoms with E-state index in [1.807, 2.05) is 50.2 Å². The van der Waals surface area contributed by atoms with E-state index in [9.17, 15) is 9.59 Å². The Balaban J connectivity index is 1.89. The van der Waals surface area contributed by atoms with Crippen molar-refractivity contribution in [2.45, 2.75) is 20.3 Å². The van der Waals surface area contributed by atoms with E-state index in [4.69, 9.17) is 0 Å². The van der Waals surface area contributed by atoms with Gasteiger partial charge in [0.15, 0.2) is 0 Å². The van der Waals surface area contributed by atoms with Gasteiger partial charge in [0.05, 0.1) is 0 Å². The van der Waals surface area contributed by atoms with E-state index in [-0.39, 0.29) is 18.2 Å². The third kappa shape index (κ3) is 4.70. The minimum absolute atomic E-state index is 0.223. The molecule has 0 radical (unpaired) electrons. The highest BCUT2D eigenvalue weighted by atomic mass is 79.9. The zero-order chi connectivity index (χ0) is 16.1. The molecule has 0 saturated carbocycles. The largest absolute Gasteiger partial charge is 0.326 e. The van der Waals surface area contributed by atoms with E-state index < -0.39 is 0 Å². The van der Waals surface area contributed by atoms with E-state index >= 15 is 0 Å². The van der Waals surface area contributed by atoms with Crippen LogP contribution >= 0.6 is 15.9 Å². The molecule has 0 atom stereocenters. The minimum atomic E-state index is -0.347. The van der Waals surface area contributed by atoms with Crippen LogP contribution < -0.4 is 10.6 Å². The monoisotopic (exact) mass is 360 g/mol. The third-order valence-electron chi connectivity index (χ3n) is 3.11. The number of amides is 2. The Kier molecular flexibility index (Phi) is 5.33. The number of hydrogen-bond donors (Lipinski definition) is 2. The first kappa shape index (κ1) is 16.2.